The summed E-state index contributed by atoms with van der Waals surface area (Å²) in [7, 11) is 2.22. The lowest BCUT2D eigenvalue weighted by atomic mass is 9.69. The maximum absolute atomic E-state index is 12.3. The molecule has 2 bridgehead atoms. The standard InChI is InChI=1S/C15H23N3O/c1-18-12-4-2-5-13(18)9-11(8-12)17-14(19)15(10-16)6-3-7-15/h11-13H,2-9H2,1H3,(H,17,19). The van der Waals surface area contributed by atoms with Gasteiger partial charge in [-0.05, 0) is 52.0 Å². The van der Waals surface area contributed by atoms with Crippen molar-refractivity contribution in [3.63, 3.8) is 0 Å². The monoisotopic (exact) mass is 261 g/mol. The molecule has 1 N–H and O–H groups in total. The average molecular weight is 261 g/mol. The van der Waals surface area contributed by atoms with Crippen molar-refractivity contribution in [2.24, 2.45) is 5.41 Å². The Hall–Kier alpha value is -1.08. The van der Waals surface area contributed by atoms with E-state index in [9.17, 15) is 10.1 Å². The van der Waals surface area contributed by atoms with Crippen LogP contribution in [0.4, 0.5) is 0 Å². The van der Waals surface area contributed by atoms with Crippen LogP contribution in [0.5, 0.6) is 0 Å². The highest BCUT2D eigenvalue weighted by molar-refractivity contribution is 5.86. The fourth-order valence-electron chi connectivity index (χ4n) is 3.98. The smallest absolute Gasteiger partial charge is 0.240 e. The second-order valence-electron chi connectivity index (χ2n) is 6.59. The van der Waals surface area contributed by atoms with Crippen LogP contribution in [0.2, 0.25) is 0 Å². The molecular weight excluding hydrogens is 238 g/mol. The third kappa shape index (κ3) is 2.14. The quantitative estimate of drug-likeness (QED) is 0.825. The molecule has 3 aliphatic rings. The molecule has 104 valence electrons. The number of hydrogen-bond acceptors (Lipinski definition) is 3. The van der Waals surface area contributed by atoms with Gasteiger partial charge in [-0.15, -0.1) is 0 Å². The van der Waals surface area contributed by atoms with Gasteiger partial charge in [0, 0.05) is 18.1 Å². The van der Waals surface area contributed by atoms with E-state index in [2.05, 4.69) is 23.3 Å². The summed E-state index contributed by atoms with van der Waals surface area (Å²) in [5.41, 5.74) is -0.696. The van der Waals surface area contributed by atoms with Gasteiger partial charge in [0.15, 0.2) is 0 Å². The van der Waals surface area contributed by atoms with E-state index in [0.29, 0.717) is 12.1 Å². The zero-order valence-electron chi connectivity index (χ0n) is 11.7. The summed E-state index contributed by atoms with van der Waals surface area (Å²) in [4.78, 5) is 14.8. The van der Waals surface area contributed by atoms with Crippen molar-refractivity contribution >= 4 is 5.91 Å². The van der Waals surface area contributed by atoms with Gasteiger partial charge in [0.2, 0.25) is 5.91 Å². The molecule has 0 aromatic carbocycles. The lowest BCUT2D eigenvalue weighted by molar-refractivity contribution is -0.133. The molecule has 1 aliphatic carbocycles. The molecule has 0 radical (unpaired) electrons. The fraction of sp³-hybridized carbons (Fsp3) is 0.867. The van der Waals surface area contributed by atoms with Gasteiger partial charge in [0.1, 0.15) is 5.41 Å². The highest BCUT2D eigenvalue weighted by atomic mass is 16.2. The summed E-state index contributed by atoms with van der Waals surface area (Å²) in [5.74, 6) is -0.00567. The molecule has 3 rings (SSSR count). The number of rotatable bonds is 2. The number of fused-ring (bicyclic) bond motifs is 2. The van der Waals surface area contributed by atoms with E-state index in [0.717, 1.165) is 32.1 Å². The number of hydrogen-bond donors (Lipinski definition) is 1. The zero-order valence-corrected chi connectivity index (χ0v) is 11.7. The fourth-order valence-corrected chi connectivity index (χ4v) is 3.98. The number of amides is 1. The highest BCUT2D eigenvalue weighted by Gasteiger charge is 2.46. The molecule has 2 atom stereocenters. The Labute approximate surface area is 115 Å². The van der Waals surface area contributed by atoms with Crippen LogP contribution in [-0.2, 0) is 4.79 Å². The van der Waals surface area contributed by atoms with Crippen LogP contribution >= 0.6 is 0 Å². The second-order valence-corrected chi connectivity index (χ2v) is 6.59. The minimum absolute atomic E-state index is 0.00567. The van der Waals surface area contributed by atoms with Gasteiger partial charge in [0.25, 0.3) is 0 Å². The van der Waals surface area contributed by atoms with Crippen LogP contribution in [-0.4, -0.2) is 36.0 Å². The Morgan fingerprint density at radius 2 is 1.89 bits per heavy atom. The number of nitrogens with zero attached hydrogens (tertiary/aromatic N) is 2. The molecule has 0 aromatic rings. The van der Waals surface area contributed by atoms with Crippen molar-refractivity contribution < 1.29 is 4.79 Å². The summed E-state index contributed by atoms with van der Waals surface area (Å²) >= 11 is 0. The first kappa shape index (κ1) is 12.9. The summed E-state index contributed by atoms with van der Waals surface area (Å²) in [6.07, 6.45) is 8.44. The molecule has 2 saturated heterocycles. The first-order chi connectivity index (χ1) is 9.14. The van der Waals surface area contributed by atoms with Crippen LogP contribution in [0.15, 0.2) is 0 Å². The number of piperidine rings is 2. The molecule has 3 fully saturated rings. The largest absolute Gasteiger partial charge is 0.352 e. The molecule has 2 unspecified atom stereocenters. The molecule has 2 aliphatic heterocycles. The van der Waals surface area contributed by atoms with E-state index in [1.54, 1.807) is 0 Å². The lowest BCUT2D eigenvalue weighted by Gasteiger charge is -2.47. The van der Waals surface area contributed by atoms with Crippen molar-refractivity contribution in [3.05, 3.63) is 0 Å². The van der Waals surface area contributed by atoms with Crippen LogP contribution in [0.25, 0.3) is 0 Å². The molecule has 4 heteroatoms. The SMILES string of the molecule is CN1C2CCCC1CC(NC(=O)C1(C#N)CCC1)C2. The van der Waals surface area contributed by atoms with Crippen molar-refractivity contribution in [1.29, 1.82) is 5.26 Å². The summed E-state index contributed by atoms with van der Waals surface area (Å²) in [6.45, 7) is 0. The molecule has 1 amide bonds. The van der Waals surface area contributed by atoms with Gasteiger partial charge in [-0.3, -0.25) is 4.79 Å². The predicted octanol–water partition coefficient (Wildman–Crippen LogP) is 1.81. The minimum Gasteiger partial charge on any atom is -0.352 e. The van der Waals surface area contributed by atoms with Gasteiger partial charge in [-0.25, -0.2) is 0 Å². The molecule has 0 spiro atoms. The van der Waals surface area contributed by atoms with E-state index in [-0.39, 0.29) is 11.9 Å². The van der Waals surface area contributed by atoms with Gasteiger partial charge in [0.05, 0.1) is 6.07 Å². The van der Waals surface area contributed by atoms with E-state index >= 15 is 0 Å². The molecule has 2 heterocycles. The maximum atomic E-state index is 12.3. The van der Waals surface area contributed by atoms with Gasteiger partial charge >= 0.3 is 0 Å². The van der Waals surface area contributed by atoms with Crippen molar-refractivity contribution in [2.75, 3.05) is 7.05 Å². The van der Waals surface area contributed by atoms with Crippen LogP contribution in [0.3, 0.4) is 0 Å². The Balaban J connectivity index is 1.62. The Morgan fingerprint density at radius 1 is 1.26 bits per heavy atom. The summed E-state index contributed by atoms with van der Waals surface area (Å²) in [6, 6.07) is 3.77. The zero-order chi connectivity index (χ0) is 13.5. The van der Waals surface area contributed by atoms with E-state index in [4.69, 9.17) is 0 Å². The molecule has 19 heavy (non-hydrogen) atoms. The maximum Gasteiger partial charge on any atom is 0.240 e. The Kier molecular flexibility index (Phi) is 3.26. The van der Waals surface area contributed by atoms with E-state index in [1.165, 1.54) is 19.3 Å². The average Bonchev–Trinajstić information content (AvgIpc) is 2.29. The number of carbonyl (C=O) groups is 1. The lowest BCUT2D eigenvalue weighted by Crippen LogP contribution is -2.57. The third-order valence-electron chi connectivity index (χ3n) is 5.53. The summed E-state index contributed by atoms with van der Waals surface area (Å²) < 4.78 is 0. The number of nitrogens with one attached hydrogen (secondary N) is 1. The van der Waals surface area contributed by atoms with Crippen LogP contribution in [0, 0.1) is 16.7 Å². The second kappa shape index (κ2) is 4.79. The molecule has 4 nitrogen and oxygen atoms in total. The normalized spacial score (nSPS) is 36.9. The number of nitriles is 1. The molecular formula is C15H23N3O. The van der Waals surface area contributed by atoms with Crippen molar-refractivity contribution in [2.45, 2.75) is 69.5 Å². The van der Waals surface area contributed by atoms with Gasteiger partial charge in [-0.2, -0.15) is 5.26 Å². The van der Waals surface area contributed by atoms with E-state index in [1.807, 2.05) is 0 Å². The Bertz CT molecular complexity index is 396. The molecule has 0 aromatic heterocycles. The summed E-state index contributed by atoms with van der Waals surface area (Å²) in [5, 5.41) is 12.4. The predicted molar refractivity (Wildman–Crippen MR) is 72.3 cm³/mol. The first-order valence-electron chi connectivity index (χ1n) is 7.59. The van der Waals surface area contributed by atoms with Crippen LogP contribution < -0.4 is 5.32 Å². The van der Waals surface area contributed by atoms with Gasteiger partial charge in [-0.1, -0.05) is 6.42 Å². The van der Waals surface area contributed by atoms with E-state index < -0.39 is 5.41 Å². The molecule has 1 saturated carbocycles. The van der Waals surface area contributed by atoms with Gasteiger partial charge < -0.3 is 10.2 Å². The van der Waals surface area contributed by atoms with Crippen LogP contribution in [0.1, 0.15) is 51.4 Å². The van der Waals surface area contributed by atoms with Crippen molar-refractivity contribution in [3.8, 4) is 6.07 Å². The Morgan fingerprint density at radius 3 is 2.37 bits per heavy atom. The number of carbonyl (C=O) groups excluding carboxylic acids is 1. The highest BCUT2D eigenvalue weighted by Crippen LogP contribution is 2.41. The topological polar surface area (TPSA) is 56.1 Å². The first-order valence-corrected chi connectivity index (χ1v) is 7.59. The van der Waals surface area contributed by atoms with Crippen molar-refractivity contribution in [1.82, 2.24) is 10.2 Å². The third-order valence-corrected chi connectivity index (χ3v) is 5.53. The minimum atomic E-state index is -0.696.